The molecule has 3 heterocycles. The van der Waals surface area contributed by atoms with Gasteiger partial charge in [0.05, 0.1) is 6.54 Å². The van der Waals surface area contributed by atoms with Gasteiger partial charge in [0.1, 0.15) is 5.54 Å². The Morgan fingerprint density at radius 2 is 1.85 bits per heavy atom. The van der Waals surface area contributed by atoms with Crippen molar-refractivity contribution in [3.05, 3.63) is 35.9 Å². The molecule has 0 bridgehead atoms. The normalized spacial score (nSPS) is 27.1. The molecular weight excluding hydrogens is 328 g/mol. The second-order valence-corrected chi connectivity index (χ2v) is 7.94. The van der Waals surface area contributed by atoms with Gasteiger partial charge in [-0.05, 0) is 31.9 Å². The van der Waals surface area contributed by atoms with Crippen LogP contribution < -0.4 is 5.32 Å². The number of rotatable bonds is 3. The summed E-state index contributed by atoms with van der Waals surface area (Å²) in [6, 6.07) is 10.6. The van der Waals surface area contributed by atoms with Crippen LogP contribution in [0.3, 0.4) is 0 Å². The third kappa shape index (κ3) is 3.12. The van der Waals surface area contributed by atoms with Crippen molar-refractivity contribution in [1.82, 2.24) is 20.0 Å². The van der Waals surface area contributed by atoms with Crippen LogP contribution in [0.15, 0.2) is 30.3 Å². The first-order chi connectivity index (χ1) is 12.6. The summed E-state index contributed by atoms with van der Waals surface area (Å²) in [6.07, 6.45) is 2.41. The molecule has 3 saturated heterocycles. The number of piperazine rings is 1. The lowest BCUT2D eigenvalue weighted by atomic mass is 9.81. The SMILES string of the molecule is CN1CCC2(CC1)C(=O)NCC(=O)N2C1CCN(Cc2ccccc2)C1. The third-order valence-corrected chi connectivity index (χ3v) is 6.23. The zero-order valence-corrected chi connectivity index (χ0v) is 15.5. The lowest BCUT2D eigenvalue weighted by molar-refractivity contribution is -0.160. The zero-order valence-electron chi connectivity index (χ0n) is 15.5. The van der Waals surface area contributed by atoms with Crippen LogP contribution >= 0.6 is 0 Å². The van der Waals surface area contributed by atoms with Gasteiger partial charge in [0, 0.05) is 38.8 Å². The first-order valence-electron chi connectivity index (χ1n) is 9.64. The first-order valence-corrected chi connectivity index (χ1v) is 9.64. The number of carbonyl (C=O) groups excluding carboxylic acids is 2. The van der Waals surface area contributed by atoms with Crippen molar-refractivity contribution in [2.45, 2.75) is 37.4 Å². The summed E-state index contributed by atoms with van der Waals surface area (Å²) in [4.78, 5) is 32.3. The van der Waals surface area contributed by atoms with E-state index < -0.39 is 5.54 Å². The topological polar surface area (TPSA) is 55.9 Å². The minimum Gasteiger partial charge on any atom is -0.345 e. The fraction of sp³-hybridized carbons (Fsp3) is 0.600. The van der Waals surface area contributed by atoms with Crippen molar-refractivity contribution < 1.29 is 9.59 Å². The Labute approximate surface area is 155 Å². The van der Waals surface area contributed by atoms with Gasteiger partial charge in [-0.1, -0.05) is 30.3 Å². The lowest BCUT2D eigenvalue weighted by Gasteiger charge is -2.51. The van der Waals surface area contributed by atoms with E-state index in [0.29, 0.717) is 0 Å². The fourth-order valence-corrected chi connectivity index (χ4v) is 4.77. The van der Waals surface area contributed by atoms with Gasteiger partial charge in [0.25, 0.3) is 0 Å². The molecule has 6 heteroatoms. The average Bonchev–Trinajstić information content (AvgIpc) is 3.09. The van der Waals surface area contributed by atoms with Crippen LogP contribution in [0.25, 0.3) is 0 Å². The maximum atomic E-state index is 12.8. The Balaban J connectivity index is 1.51. The highest BCUT2D eigenvalue weighted by atomic mass is 16.2. The van der Waals surface area contributed by atoms with Gasteiger partial charge in [0.15, 0.2) is 0 Å². The number of carbonyl (C=O) groups is 2. The average molecular weight is 356 g/mol. The van der Waals surface area contributed by atoms with Crippen molar-refractivity contribution in [3.63, 3.8) is 0 Å². The molecule has 1 aromatic carbocycles. The lowest BCUT2D eigenvalue weighted by Crippen LogP contribution is -2.72. The standard InChI is InChI=1S/C20H28N4O2/c1-22-11-8-20(9-12-22)19(26)21-13-18(25)24(20)17-7-10-23(15-17)14-16-5-3-2-4-6-16/h2-6,17H,7-15H2,1H3,(H,21,26). The molecule has 0 radical (unpaired) electrons. The predicted molar refractivity (Wildman–Crippen MR) is 99.4 cm³/mol. The van der Waals surface area contributed by atoms with E-state index in [-0.39, 0.29) is 24.4 Å². The minimum atomic E-state index is -0.644. The van der Waals surface area contributed by atoms with Crippen molar-refractivity contribution in [1.29, 1.82) is 0 Å². The molecule has 1 N–H and O–H groups in total. The molecular formula is C20H28N4O2. The Morgan fingerprint density at radius 1 is 1.12 bits per heavy atom. The van der Waals surface area contributed by atoms with Crippen molar-refractivity contribution >= 4 is 11.8 Å². The third-order valence-electron chi connectivity index (χ3n) is 6.23. The number of hydrogen-bond acceptors (Lipinski definition) is 4. The molecule has 6 nitrogen and oxygen atoms in total. The van der Waals surface area contributed by atoms with E-state index >= 15 is 0 Å². The molecule has 4 rings (SSSR count). The summed E-state index contributed by atoms with van der Waals surface area (Å²) >= 11 is 0. The van der Waals surface area contributed by atoms with E-state index in [1.165, 1.54) is 5.56 Å². The number of amides is 2. The Morgan fingerprint density at radius 3 is 2.58 bits per heavy atom. The Kier molecular flexibility index (Phi) is 4.71. The van der Waals surface area contributed by atoms with Crippen LogP contribution in [0.5, 0.6) is 0 Å². The maximum absolute atomic E-state index is 12.8. The molecule has 1 aromatic rings. The molecule has 0 saturated carbocycles. The monoisotopic (exact) mass is 356 g/mol. The van der Waals surface area contributed by atoms with Crippen molar-refractivity contribution in [2.75, 3.05) is 39.8 Å². The van der Waals surface area contributed by atoms with Crippen molar-refractivity contribution in [3.8, 4) is 0 Å². The van der Waals surface area contributed by atoms with Gasteiger partial charge < -0.3 is 15.1 Å². The quantitative estimate of drug-likeness (QED) is 0.866. The summed E-state index contributed by atoms with van der Waals surface area (Å²) in [7, 11) is 2.08. The highest BCUT2D eigenvalue weighted by Gasteiger charge is 2.53. The summed E-state index contributed by atoms with van der Waals surface area (Å²) < 4.78 is 0. The number of likely N-dealkylation sites (tertiary alicyclic amines) is 2. The fourth-order valence-electron chi connectivity index (χ4n) is 4.77. The van der Waals surface area contributed by atoms with Crippen LogP contribution in [0.1, 0.15) is 24.8 Å². The van der Waals surface area contributed by atoms with Gasteiger partial charge in [-0.15, -0.1) is 0 Å². The number of nitrogens with one attached hydrogen (secondary N) is 1. The predicted octanol–water partition coefficient (Wildman–Crippen LogP) is 0.684. The molecule has 1 unspecified atom stereocenters. The summed E-state index contributed by atoms with van der Waals surface area (Å²) in [6.45, 7) is 4.59. The Hall–Kier alpha value is -1.92. The van der Waals surface area contributed by atoms with Gasteiger partial charge in [-0.2, -0.15) is 0 Å². The number of piperidine rings is 1. The molecule has 0 aliphatic carbocycles. The highest BCUT2D eigenvalue weighted by molar-refractivity contribution is 5.98. The summed E-state index contributed by atoms with van der Waals surface area (Å²) in [5.74, 6) is 0.132. The van der Waals surface area contributed by atoms with Gasteiger partial charge in [-0.3, -0.25) is 14.5 Å². The second-order valence-electron chi connectivity index (χ2n) is 7.94. The molecule has 3 aliphatic heterocycles. The molecule has 0 aromatic heterocycles. The summed E-state index contributed by atoms with van der Waals surface area (Å²) in [5.41, 5.74) is 0.653. The van der Waals surface area contributed by atoms with E-state index in [1.807, 2.05) is 11.0 Å². The van der Waals surface area contributed by atoms with Crippen LogP contribution in [0, 0.1) is 0 Å². The molecule has 2 amide bonds. The number of benzene rings is 1. The van der Waals surface area contributed by atoms with Crippen LogP contribution in [-0.2, 0) is 16.1 Å². The van der Waals surface area contributed by atoms with E-state index in [1.54, 1.807) is 0 Å². The van der Waals surface area contributed by atoms with E-state index in [4.69, 9.17) is 0 Å². The number of hydrogen-bond donors (Lipinski definition) is 1. The highest BCUT2D eigenvalue weighted by Crippen LogP contribution is 2.35. The van der Waals surface area contributed by atoms with Crippen molar-refractivity contribution in [2.24, 2.45) is 0 Å². The van der Waals surface area contributed by atoms with E-state index in [0.717, 1.165) is 52.0 Å². The first kappa shape index (κ1) is 17.5. The van der Waals surface area contributed by atoms with E-state index in [2.05, 4.69) is 46.4 Å². The molecule has 3 fully saturated rings. The summed E-state index contributed by atoms with van der Waals surface area (Å²) in [5, 5.41) is 2.85. The van der Waals surface area contributed by atoms with Gasteiger partial charge in [-0.25, -0.2) is 0 Å². The smallest absolute Gasteiger partial charge is 0.246 e. The maximum Gasteiger partial charge on any atom is 0.246 e. The van der Waals surface area contributed by atoms with Crippen LogP contribution in [0.2, 0.25) is 0 Å². The molecule has 26 heavy (non-hydrogen) atoms. The molecule has 140 valence electrons. The van der Waals surface area contributed by atoms with Gasteiger partial charge in [0.2, 0.25) is 11.8 Å². The largest absolute Gasteiger partial charge is 0.345 e. The molecule has 1 spiro atoms. The Bertz CT molecular complexity index is 670. The van der Waals surface area contributed by atoms with E-state index in [9.17, 15) is 9.59 Å². The number of nitrogens with zero attached hydrogens (tertiary/aromatic N) is 3. The zero-order chi connectivity index (χ0) is 18.1. The van der Waals surface area contributed by atoms with Crippen LogP contribution in [-0.4, -0.2) is 77.9 Å². The second kappa shape index (κ2) is 7.00. The molecule has 3 aliphatic rings. The minimum absolute atomic E-state index is 0.0479. The van der Waals surface area contributed by atoms with Gasteiger partial charge >= 0.3 is 0 Å². The molecule has 1 atom stereocenters. The van der Waals surface area contributed by atoms with Crippen LogP contribution in [0.4, 0.5) is 0 Å².